The van der Waals surface area contributed by atoms with Gasteiger partial charge in [0.1, 0.15) is 5.84 Å². The lowest BCUT2D eigenvalue weighted by molar-refractivity contribution is 0.185. The zero-order valence-electron chi connectivity index (χ0n) is 10.0. The molecule has 17 heavy (non-hydrogen) atoms. The molecule has 0 unspecified atom stereocenters. The highest BCUT2D eigenvalue weighted by Crippen LogP contribution is 2.11. The third-order valence-electron chi connectivity index (χ3n) is 2.31. The molecule has 0 atom stereocenters. The van der Waals surface area contributed by atoms with Gasteiger partial charge < -0.3 is 21.0 Å². The van der Waals surface area contributed by atoms with Crippen LogP contribution in [0, 0.1) is 0 Å². The van der Waals surface area contributed by atoms with E-state index in [0.29, 0.717) is 13.0 Å². The summed E-state index contributed by atoms with van der Waals surface area (Å²) in [7, 11) is 1.68. The van der Waals surface area contributed by atoms with Crippen molar-refractivity contribution in [2.45, 2.75) is 19.4 Å². The molecule has 0 radical (unpaired) electrons. The molecule has 1 rings (SSSR count). The Hall–Kier alpha value is -1.75. The Labute approximate surface area is 101 Å². The molecule has 4 N–H and O–H groups in total. The Bertz CT molecular complexity index is 367. The molecule has 0 spiro atoms. The van der Waals surface area contributed by atoms with Crippen LogP contribution in [0.1, 0.15) is 18.4 Å². The molecule has 1 aromatic carbocycles. The molecule has 0 aromatic heterocycles. The Balaban J connectivity index is 2.33. The lowest BCUT2D eigenvalue weighted by Gasteiger charge is -2.07. The van der Waals surface area contributed by atoms with Crippen molar-refractivity contribution in [2.75, 3.05) is 19.0 Å². The second kappa shape index (κ2) is 7.51. The number of hydrogen-bond donors (Lipinski definition) is 3. The van der Waals surface area contributed by atoms with E-state index in [9.17, 15) is 0 Å². The summed E-state index contributed by atoms with van der Waals surface area (Å²) in [6.45, 7) is 1.40. The number of benzene rings is 1. The highest BCUT2D eigenvalue weighted by molar-refractivity contribution is 5.79. The first-order valence-electron chi connectivity index (χ1n) is 5.54. The summed E-state index contributed by atoms with van der Waals surface area (Å²) in [5.41, 5.74) is 7.56. The number of anilines is 1. The molecule has 1 aromatic rings. The number of rotatable bonds is 7. The van der Waals surface area contributed by atoms with Gasteiger partial charge in [0.15, 0.2) is 0 Å². The number of amidine groups is 1. The Morgan fingerprint density at radius 2 is 2.35 bits per heavy atom. The third-order valence-corrected chi connectivity index (χ3v) is 2.31. The SMILES string of the molecule is COCc1cccc(NCCCC(N)=NO)c1. The first kappa shape index (κ1) is 13.3. The van der Waals surface area contributed by atoms with E-state index in [1.807, 2.05) is 24.3 Å². The van der Waals surface area contributed by atoms with Crippen molar-refractivity contribution in [3.05, 3.63) is 29.8 Å². The van der Waals surface area contributed by atoms with E-state index in [-0.39, 0.29) is 5.84 Å². The Morgan fingerprint density at radius 1 is 1.53 bits per heavy atom. The van der Waals surface area contributed by atoms with Crippen LogP contribution in [-0.2, 0) is 11.3 Å². The predicted molar refractivity (Wildman–Crippen MR) is 68.3 cm³/mol. The highest BCUT2D eigenvalue weighted by atomic mass is 16.5. The maximum absolute atomic E-state index is 8.38. The molecular formula is C12H19N3O2. The lowest BCUT2D eigenvalue weighted by atomic mass is 10.2. The van der Waals surface area contributed by atoms with Crippen LogP contribution < -0.4 is 11.1 Å². The summed E-state index contributed by atoms with van der Waals surface area (Å²) in [4.78, 5) is 0. The molecule has 0 bridgehead atoms. The number of nitrogens with two attached hydrogens (primary N) is 1. The molecule has 0 aliphatic carbocycles. The van der Waals surface area contributed by atoms with E-state index in [1.165, 1.54) is 0 Å². The van der Waals surface area contributed by atoms with Gasteiger partial charge in [0, 0.05) is 25.8 Å². The van der Waals surface area contributed by atoms with Gasteiger partial charge in [0.05, 0.1) is 6.61 Å². The summed E-state index contributed by atoms with van der Waals surface area (Å²) in [5, 5.41) is 14.6. The molecule has 0 aliphatic rings. The molecule has 94 valence electrons. The fraction of sp³-hybridized carbons (Fsp3) is 0.417. The Morgan fingerprint density at radius 3 is 3.06 bits per heavy atom. The first-order valence-corrected chi connectivity index (χ1v) is 5.54. The number of nitrogens with one attached hydrogen (secondary N) is 1. The molecule has 5 nitrogen and oxygen atoms in total. The van der Waals surface area contributed by atoms with Gasteiger partial charge in [-0.25, -0.2) is 0 Å². The minimum Gasteiger partial charge on any atom is -0.409 e. The van der Waals surface area contributed by atoms with Crippen molar-refractivity contribution in [2.24, 2.45) is 10.9 Å². The van der Waals surface area contributed by atoms with E-state index in [1.54, 1.807) is 7.11 Å². The van der Waals surface area contributed by atoms with E-state index in [0.717, 1.165) is 24.2 Å². The largest absolute Gasteiger partial charge is 0.409 e. The second-order valence-electron chi connectivity index (χ2n) is 3.76. The zero-order chi connectivity index (χ0) is 12.5. The lowest BCUT2D eigenvalue weighted by Crippen LogP contribution is -2.13. The third kappa shape index (κ3) is 5.21. The molecule has 0 aliphatic heterocycles. The second-order valence-corrected chi connectivity index (χ2v) is 3.76. The van der Waals surface area contributed by atoms with Gasteiger partial charge in [0.25, 0.3) is 0 Å². The van der Waals surface area contributed by atoms with Gasteiger partial charge in [-0.3, -0.25) is 0 Å². The van der Waals surface area contributed by atoms with Crippen LogP contribution in [0.5, 0.6) is 0 Å². The molecule has 0 fully saturated rings. The van der Waals surface area contributed by atoms with Gasteiger partial charge in [0.2, 0.25) is 0 Å². The predicted octanol–water partition coefficient (Wildman–Crippen LogP) is 1.77. The van der Waals surface area contributed by atoms with Crippen LogP contribution in [-0.4, -0.2) is 24.7 Å². The van der Waals surface area contributed by atoms with E-state index < -0.39 is 0 Å². The highest BCUT2D eigenvalue weighted by Gasteiger charge is 1.96. The molecule has 0 amide bonds. The number of ether oxygens (including phenoxy) is 1. The van der Waals surface area contributed by atoms with E-state index in [2.05, 4.69) is 10.5 Å². The topological polar surface area (TPSA) is 79.9 Å². The summed E-state index contributed by atoms with van der Waals surface area (Å²) < 4.78 is 5.07. The van der Waals surface area contributed by atoms with Crippen LogP contribution in [0.25, 0.3) is 0 Å². The molecule has 0 heterocycles. The molecule has 0 saturated heterocycles. The van der Waals surface area contributed by atoms with Crippen molar-refractivity contribution in [3.8, 4) is 0 Å². The fourth-order valence-corrected chi connectivity index (χ4v) is 1.49. The summed E-state index contributed by atoms with van der Waals surface area (Å²) in [6.07, 6.45) is 1.41. The normalized spacial score (nSPS) is 11.5. The maximum atomic E-state index is 8.38. The Kier molecular flexibility index (Phi) is 5.88. The zero-order valence-corrected chi connectivity index (χ0v) is 10.0. The number of methoxy groups -OCH3 is 1. The van der Waals surface area contributed by atoms with E-state index in [4.69, 9.17) is 15.7 Å². The van der Waals surface area contributed by atoms with Gasteiger partial charge >= 0.3 is 0 Å². The number of hydrogen-bond acceptors (Lipinski definition) is 4. The standard InChI is InChI=1S/C12H19N3O2/c1-17-9-10-4-2-5-11(8-10)14-7-3-6-12(13)15-16/h2,4-5,8,14,16H,3,6-7,9H2,1H3,(H2,13,15). The smallest absolute Gasteiger partial charge is 0.139 e. The maximum Gasteiger partial charge on any atom is 0.139 e. The van der Waals surface area contributed by atoms with Gasteiger partial charge in [-0.15, -0.1) is 0 Å². The molecule has 0 saturated carbocycles. The average molecular weight is 237 g/mol. The fourth-order valence-electron chi connectivity index (χ4n) is 1.49. The molecule has 5 heteroatoms. The van der Waals surface area contributed by atoms with Crippen molar-refractivity contribution in [3.63, 3.8) is 0 Å². The number of oxime groups is 1. The van der Waals surface area contributed by atoms with E-state index >= 15 is 0 Å². The van der Waals surface area contributed by atoms with Crippen LogP contribution >= 0.6 is 0 Å². The summed E-state index contributed by atoms with van der Waals surface area (Å²) >= 11 is 0. The minimum atomic E-state index is 0.264. The first-order chi connectivity index (χ1) is 8.26. The average Bonchev–Trinajstić information content (AvgIpc) is 2.35. The summed E-state index contributed by atoms with van der Waals surface area (Å²) in [6, 6.07) is 8.06. The molecular weight excluding hydrogens is 218 g/mol. The van der Waals surface area contributed by atoms with Gasteiger partial charge in [-0.2, -0.15) is 0 Å². The van der Waals surface area contributed by atoms with Crippen molar-refractivity contribution in [1.82, 2.24) is 0 Å². The van der Waals surface area contributed by atoms with Crippen molar-refractivity contribution < 1.29 is 9.94 Å². The van der Waals surface area contributed by atoms with Crippen LogP contribution in [0.4, 0.5) is 5.69 Å². The monoisotopic (exact) mass is 237 g/mol. The van der Waals surface area contributed by atoms with Crippen LogP contribution in [0.3, 0.4) is 0 Å². The number of nitrogens with zero attached hydrogens (tertiary/aromatic N) is 1. The van der Waals surface area contributed by atoms with Crippen molar-refractivity contribution >= 4 is 11.5 Å². The van der Waals surface area contributed by atoms with Crippen LogP contribution in [0.15, 0.2) is 29.4 Å². The van der Waals surface area contributed by atoms with Crippen molar-refractivity contribution in [1.29, 1.82) is 0 Å². The van der Waals surface area contributed by atoms with Gasteiger partial charge in [-0.1, -0.05) is 17.3 Å². The van der Waals surface area contributed by atoms with Gasteiger partial charge in [-0.05, 0) is 24.1 Å². The summed E-state index contributed by atoms with van der Waals surface area (Å²) in [5.74, 6) is 0.264. The quantitative estimate of drug-likeness (QED) is 0.222. The minimum absolute atomic E-state index is 0.264. The van der Waals surface area contributed by atoms with Crippen LogP contribution in [0.2, 0.25) is 0 Å².